The SMILES string of the molecule is Cc1ccc(CSC2=NN3C(=c4ccccc4=N[C@@H]3c3c(C)nn(-c4ccccc4)c3Cl)C(=O)N2)cc1. The van der Waals surface area contributed by atoms with E-state index in [0.29, 0.717) is 32.7 Å². The number of thioether (sulfide) groups is 1. The molecule has 4 aromatic rings. The highest BCUT2D eigenvalue weighted by atomic mass is 35.5. The molecule has 3 heterocycles. The van der Waals surface area contributed by atoms with Gasteiger partial charge in [0.2, 0.25) is 0 Å². The van der Waals surface area contributed by atoms with Crippen LogP contribution in [0.4, 0.5) is 0 Å². The first-order chi connectivity index (χ1) is 18.0. The molecule has 6 rings (SSSR count). The van der Waals surface area contributed by atoms with E-state index in [9.17, 15) is 4.79 Å². The molecule has 3 aromatic carbocycles. The quantitative estimate of drug-likeness (QED) is 0.432. The maximum absolute atomic E-state index is 13.5. The summed E-state index contributed by atoms with van der Waals surface area (Å²) in [5.41, 5.74) is 5.07. The number of amides is 1. The van der Waals surface area contributed by atoms with Crippen LogP contribution < -0.4 is 15.9 Å². The Morgan fingerprint density at radius 1 is 0.973 bits per heavy atom. The van der Waals surface area contributed by atoms with Crippen molar-refractivity contribution in [1.29, 1.82) is 0 Å². The summed E-state index contributed by atoms with van der Waals surface area (Å²) >= 11 is 8.41. The Kier molecular flexibility index (Phi) is 6.06. The number of hydrogen-bond donors (Lipinski definition) is 1. The summed E-state index contributed by atoms with van der Waals surface area (Å²) in [6, 6.07) is 25.6. The van der Waals surface area contributed by atoms with E-state index in [1.165, 1.54) is 17.3 Å². The van der Waals surface area contributed by atoms with Gasteiger partial charge in [-0.1, -0.05) is 89.6 Å². The van der Waals surface area contributed by atoms with Crippen molar-refractivity contribution in [2.75, 3.05) is 0 Å². The van der Waals surface area contributed by atoms with E-state index in [0.717, 1.165) is 22.2 Å². The minimum atomic E-state index is -0.643. The molecule has 7 nitrogen and oxygen atoms in total. The second kappa shape index (κ2) is 9.53. The Bertz CT molecular complexity index is 1660. The maximum Gasteiger partial charge on any atom is 0.276 e. The van der Waals surface area contributed by atoms with Gasteiger partial charge in [0.25, 0.3) is 5.91 Å². The van der Waals surface area contributed by atoms with Crippen molar-refractivity contribution >= 4 is 40.1 Å². The number of fused-ring (bicyclic) bond motifs is 2. The molecule has 2 aliphatic heterocycles. The number of hydrazone groups is 1. The van der Waals surface area contributed by atoms with Gasteiger partial charge in [-0.2, -0.15) is 5.10 Å². The third-order valence-corrected chi connectivity index (χ3v) is 7.62. The third kappa shape index (κ3) is 4.32. The molecule has 1 amide bonds. The molecule has 9 heteroatoms. The van der Waals surface area contributed by atoms with Crippen LogP contribution in [0.1, 0.15) is 28.6 Å². The topological polar surface area (TPSA) is 74.9 Å². The minimum absolute atomic E-state index is 0.224. The number of aromatic nitrogens is 2. The Balaban J connectivity index is 1.44. The van der Waals surface area contributed by atoms with E-state index >= 15 is 0 Å². The fourth-order valence-corrected chi connectivity index (χ4v) is 5.64. The van der Waals surface area contributed by atoms with Gasteiger partial charge in [0.1, 0.15) is 10.9 Å². The average Bonchev–Trinajstić information content (AvgIpc) is 3.21. The summed E-state index contributed by atoms with van der Waals surface area (Å²) < 4.78 is 1.70. The van der Waals surface area contributed by atoms with Gasteiger partial charge in [-0.05, 0) is 37.6 Å². The predicted molar refractivity (Wildman–Crippen MR) is 147 cm³/mol. The molecule has 0 fully saturated rings. The van der Waals surface area contributed by atoms with Crippen LogP contribution in [0.3, 0.4) is 0 Å². The van der Waals surface area contributed by atoms with E-state index in [1.54, 1.807) is 9.69 Å². The molecule has 2 aliphatic rings. The Hall–Kier alpha value is -3.88. The zero-order valence-corrected chi connectivity index (χ0v) is 21.8. The first-order valence-electron chi connectivity index (χ1n) is 11.8. The smallest absolute Gasteiger partial charge is 0.276 e. The molecule has 0 saturated carbocycles. The van der Waals surface area contributed by atoms with Gasteiger partial charge in [-0.25, -0.2) is 9.69 Å². The lowest BCUT2D eigenvalue weighted by Crippen LogP contribution is -2.50. The fraction of sp³-hybridized carbons (Fsp3) is 0.143. The first-order valence-corrected chi connectivity index (χ1v) is 13.2. The molecule has 0 spiro atoms. The zero-order chi connectivity index (χ0) is 25.5. The van der Waals surface area contributed by atoms with Gasteiger partial charge in [-0.15, -0.1) is 5.10 Å². The molecule has 0 saturated heterocycles. The molecule has 0 bridgehead atoms. The summed E-state index contributed by atoms with van der Waals surface area (Å²) in [4.78, 5) is 18.4. The summed E-state index contributed by atoms with van der Waals surface area (Å²) in [7, 11) is 0. The summed E-state index contributed by atoms with van der Waals surface area (Å²) in [6.07, 6.45) is -0.643. The summed E-state index contributed by atoms with van der Waals surface area (Å²) in [5, 5.41) is 16.6. The van der Waals surface area contributed by atoms with Crippen molar-refractivity contribution in [3.8, 4) is 5.69 Å². The Morgan fingerprint density at radius 2 is 1.70 bits per heavy atom. The number of hydrogen-bond acceptors (Lipinski definition) is 6. The van der Waals surface area contributed by atoms with Crippen LogP contribution in [-0.4, -0.2) is 25.9 Å². The lowest BCUT2D eigenvalue weighted by atomic mass is 10.1. The van der Waals surface area contributed by atoms with Gasteiger partial charge >= 0.3 is 0 Å². The minimum Gasteiger partial charge on any atom is -0.298 e. The van der Waals surface area contributed by atoms with Crippen molar-refractivity contribution in [2.45, 2.75) is 25.8 Å². The highest BCUT2D eigenvalue weighted by molar-refractivity contribution is 8.13. The lowest BCUT2D eigenvalue weighted by molar-refractivity contribution is -0.116. The molecule has 37 heavy (non-hydrogen) atoms. The van der Waals surface area contributed by atoms with Crippen molar-refractivity contribution in [1.82, 2.24) is 20.1 Å². The average molecular weight is 527 g/mol. The number of halogens is 1. The number of carbonyl (C=O) groups excluding carboxylic acids is 1. The van der Waals surface area contributed by atoms with Crippen LogP contribution in [0.25, 0.3) is 11.4 Å². The van der Waals surface area contributed by atoms with Crippen molar-refractivity contribution in [2.24, 2.45) is 10.1 Å². The largest absolute Gasteiger partial charge is 0.298 e. The van der Waals surface area contributed by atoms with Crippen LogP contribution in [0.5, 0.6) is 0 Å². The molecular weight excluding hydrogens is 504 g/mol. The van der Waals surface area contributed by atoms with Gasteiger partial charge in [0.15, 0.2) is 11.3 Å². The van der Waals surface area contributed by atoms with Gasteiger partial charge in [0.05, 0.1) is 22.3 Å². The molecule has 1 atom stereocenters. The fourth-order valence-electron chi connectivity index (χ4n) is 4.46. The number of nitrogens with zero attached hydrogens (tertiary/aromatic N) is 5. The number of benzene rings is 3. The third-order valence-electron chi connectivity index (χ3n) is 6.32. The molecular formula is C28H23ClN6OS. The van der Waals surface area contributed by atoms with Crippen LogP contribution in [0, 0.1) is 13.8 Å². The second-order valence-electron chi connectivity index (χ2n) is 8.88. The van der Waals surface area contributed by atoms with Crippen LogP contribution in [-0.2, 0) is 10.5 Å². The van der Waals surface area contributed by atoms with Gasteiger partial charge < -0.3 is 0 Å². The maximum atomic E-state index is 13.5. The van der Waals surface area contributed by atoms with E-state index in [-0.39, 0.29) is 5.91 Å². The Morgan fingerprint density at radius 3 is 2.49 bits per heavy atom. The predicted octanol–water partition coefficient (Wildman–Crippen LogP) is 4.22. The first kappa shape index (κ1) is 23.5. The summed E-state index contributed by atoms with van der Waals surface area (Å²) in [6.45, 7) is 3.96. The summed E-state index contributed by atoms with van der Waals surface area (Å²) in [5.74, 6) is 0.449. The van der Waals surface area contributed by atoms with Crippen molar-refractivity contribution < 1.29 is 4.79 Å². The zero-order valence-electron chi connectivity index (χ0n) is 20.2. The molecule has 0 unspecified atom stereocenters. The Labute approximate surface area is 223 Å². The molecule has 0 radical (unpaired) electrons. The number of aryl methyl sites for hydroxylation is 2. The lowest BCUT2D eigenvalue weighted by Gasteiger charge is -2.34. The normalized spacial score (nSPS) is 16.5. The van der Waals surface area contributed by atoms with Crippen LogP contribution in [0.15, 0.2) is 89.0 Å². The molecule has 184 valence electrons. The second-order valence-corrected chi connectivity index (χ2v) is 10.2. The number of nitrogens with one attached hydrogen (secondary N) is 1. The molecule has 0 aliphatic carbocycles. The van der Waals surface area contributed by atoms with Crippen LogP contribution in [0.2, 0.25) is 5.15 Å². The standard InChI is InChI=1S/C28H23ClN6OS/c1-17-12-14-19(15-13-17)16-37-28-31-27(36)24-21-10-6-7-11-22(21)30-26(35(24)33-28)23-18(2)32-34(25(23)29)20-8-4-3-5-9-20/h3-15,26H,16H2,1-2H3,(H,31,33,36)/t26-/m0/s1. The number of amidine groups is 1. The van der Waals surface area contributed by atoms with E-state index in [1.807, 2.05) is 61.5 Å². The number of rotatable bonds is 4. The van der Waals surface area contributed by atoms with Gasteiger partial charge in [0, 0.05) is 11.0 Å². The van der Waals surface area contributed by atoms with E-state index in [2.05, 4.69) is 36.5 Å². The van der Waals surface area contributed by atoms with Crippen molar-refractivity contribution in [3.63, 3.8) is 0 Å². The van der Waals surface area contributed by atoms with Gasteiger partial charge in [-0.3, -0.25) is 15.1 Å². The van der Waals surface area contributed by atoms with E-state index < -0.39 is 6.17 Å². The van der Waals surface area contributed by atoms with Crippen LogP contribution >= 0.6 is 23.4 Å². The molecule has 1 N–H and O–H groups in total. The number of para-hydroxylation sites is 2. The highest BCUT2D eigenvalue weighted by Crippen LogP contribution is 2.37. The van der Waals surface area contributed by atoms with E-state index in [4.69, 9.17) is 26.8 Å². The molecule has 1 aromatic heterocycles. The number of carbonyl (C=O) groups is 1. The van der Waals surface area contributed by atoms with Crippen molar-refractivity contribution in [3.05, 3.63) is 117 Å². The highest BCUT2D eigenvalue weighted by Gasteiger charge is 2.37. The monoisotopic (exact) mass is 526 g/mol.